The topological polar surface area (TPSA) is 55.5 Å². The zero-order chi connectivity index (χ0) is 11.8. The van der Waals surface area contributed by atoms with Gasteiger partial charge in [-0.3, -0.25) is 0 Å². The number of aliphatic hydroxyl groups is 1. The van der Waals surface area contributed by atoms with E-state index in [0.29, 0.717) is 25.0 Å². The maximum absolute atomic E-state index is 10.7. The van der Waals surface area contributed by atoms with Crippen molar-refractivity contribution in [1.29, 1.82) is 0 Å². The van der Waals surface area contributed by atoms with E-state index in [1.54, 1.807) is 0 Å². The Hall–Kier alpha value is -0.120. The lowest BCUT2D eigenvalue weighted by Crippen LogP contribution is -2.63. The Morgan fingerprint density at radius 1 is 1.44 bits per heavy atom. The summed E-state index contributed by atoms with van der Waals surface area (Å²) in [5, 5.41) is 10.7. The van der Waals surface area contributed by atoms with Gasteiger partial charge in [-0.25, -0.2) is 0 Å². The molecule has 2 aliphatic rings. The average molecular weight is 227 g/mol. The third-order valence-corrected chi connectivity index (χ3v) is 4.84. The molecule has 16 heavy (non-hydrogen) atoms. The molecule has 1 saturated heterocycles. The molecule has 0 radical (unpaired) electrons. The smallest absolute Gasteiger partial charge is 0.0743 e. The molecule has 0 aromatic carbocycles. The van der Waals surface area contributed by atoms with Crippen molar-refractivity contribution in [3.8, 4) is 0 Å². The standard InChI is InChI=1S/C13H25NO2/c1-10(2)11-6-13(15,7-11)12(8-14)4-3-5-16-9-12/h10-11,15H,3-9,14H2,1-2H3. The van der Waals surface area contributed by atoms with E-state index >= 15 is 0 Å². The van der Waals surface area contributed by atoms with Gasteiger partial charge in [-0.1, -0.05) is 13.8 Å². The lowest BCUT2D eigenvalue weighted by molar-refractivity contribution is -0.207. The highest BCUT2D eigenvalue weighted by Gasteiger charge is 2.57. The summed E-state index contributed by atoms with van der Waals surface area (Å²) in [5.74, 6) is 1.33. The molecular formula is C13H25NO2. The minimum Gasteiger partial charge on any atom is -0.389 e. The van der Waals surface area contributed by atoms with Crippen molar-refractivity contribution in [2.45, 2.75) is 45.1 Å². The lowest BCUT2D eigenvalue weighted by atomic mass is 9.53. The highest BCUT2D eigenvalue weighted by atomic mass is 16.5. The van der Waals surface area contributed by atoms with E-state index in [4.69, 9.17) is 10.5 Å². The number of ether oxygens (including phenoxy) is 1. The fraction of sp³-hybridized carbons (Fsp3) is 1.00. The van der Waals surface area contributed by atoms with Gasteiger partial charge >= 0.3 is 0 Å². The van der Waals surface area contributed by atoms with Crippen molar-refractivity contribution in [2.75, 3.05) is 19.8 Å². The number of rotatable bonds is 3. The molecule has 0 aromatic rings. The normalized spacial score (nSPS) is 44.4. The van der Waals surface area contributed by atoms with Crippen LogP contribution in [0.4, 0.5) is 0 Å². The van der Waals surface area contributed by atoms with Crippen molar-refractivity contribution in [3.63, 3.8) is 0 Å². The second-order valence-electron chi connectivity index (χ2n) is 6.08. The zero-order valence-corrected chi connectivity index (χ0v) is 10.5. The van der Waals surface area contributed by atoms with Crippen LogP contribution in [-0.4, -0.2) is 30.5 Å². The van der Waals surface area contributed by atoms with Crippen LogP contribution in [0, 0.1) is 17.3 Å². The van der Waals surface area contributed by atoms with E-state index in [-0.39, 0.29) is 5.41 Å². The first kappa shape index (κ1) is 12.3. The Morgan fingerprint density at radius 2 is 2.12 bits per heavy atom. The van der Waals surface area contributed by atoms with Gasteiger partial charge in [-0.05, 0) is 37.5 Å². The molecule has 2 rings (SSSR count). The minimum atomic E-state index is -0.558. The summed E-state index contributed by atoms with van der Waals surface area (Å²) in [6.07, 6.45) is 3.87. The summed E-state index contributed by atoms with van der Waals surface area (Å²) in [6.45, 7) is 6.48. The molecule has 3 N–H and O–H groups in total. The molecule has 1 unspecified atom stereocenters. The van der Waals surface area contributed by atoms with E-state index in [0.717, 1.165) is 32.3 Å². The fourth-order valence-corrected chi connectivity index (χ4v) is 3.28. The average Bonchev–Trinajstić information content (AvgIpc) is 2.25. The predicted molar refractivity (Wildman–Crippen MR) is 64.1 cm³/mol. The van der Waals surface area contributed by atoms with Gasteiger partial charge in [0.15, 0.2) is 0 Å². The van der Waals surface area contributed by atoms with Crippen LogP contribution in [0.15, 0.2) is 0 Å². The maximum Gasteiger partial charge on any atom is 0.0743 e. The molecule has 94 valence electrons. The van der Waals surface area contributed by atoms with Gasteiger partial charge in [0, 0.05) is 18.6 Å². The molecular weight excluding hydrogens is 202 g/mol. The van der Waals surface area contributed by atoms with E-state index in [9.17, 15) is 5.11 Å². The monoisotopic (exact) mass is 227 g/mol. The van der Waals surface area contributed by atoms with Crippen LogP contribution in [0.25, 0.3) is 0 Å². The summed E-state index contributed by atoms with van der Waals surface area (Å²) in [4.78, 5) is 0. The molecule has 1 atom stereocenters. The van der Waals surface area contributed by atoms with Gasteiger partial charge in [0.1, 0.15) is 0 Å². The van der Waals surface area contributed by atoms with Gasteiger partial charge in [0.2, 0.25) is 0 Å². The quantitative estimate of drug-likeness (QED) is 0.769. The maximum atomic E-state index is 10.7. The molecule has 1 saturated carbocycles. The number of hydrogen-bond donors (Lipinski definition) is 2. The SMILES string of the molecule is CC(C)C1CC(O)(C2(CN)CCCOC2)C1. The van der Waals surface area contributed by atoms with Crippen molar-refractivity contribution in [2.24, 2.45) is 23.0 Å². The van der Waals surface area contributed by atoms with Gasteiger partial charge in [-0.2, -0.15) is 0 Å². The van der Waals surface area contributed by atoms with E-state index in [1.807, 2.05) is 0 Å². The molecule has 0 amide bonds. The van der Waals surface area contributed by atoms with Crippen LogP contribution in [0.3, 0.4) is 0 Å². The first-order chi connectivity index (χ1) is 7.53. The molecule has 3 nitrogen and oxygen atoms in total. The second kappa shape index (κ2) is 4.28. The molecule has 3 heteroatoms. The third kappa shape index (κ3) is 1.79. The highest BCUT2D eigenvalue weighted by Crippen LogP contribution is 2.54. The van der Waals surface area contributed by atoms with Crippen molar-refractivity contribution in [3.05, 3.63) is 0 Å². The van der Waals surface area contributed by atoms with Gasteiger partial charge < -0.3 is 15.6 Å². The Morgan fingerprint density at radius 3 is 2.56 bits per heavy atom. The van der Waals surface area contributed by atoms with Gasteiger partial charge in [0.25, 0.3) is 0 Å². The first-order valence-corrected chi connectivity index (χ1v) is 6.53. The van der Waals surface area contributed by atoms with Crippen LogP contribution < -0.4 is 5.73 Å². The second-order valence-corrected chi connectivity index (χ2v) is 6.08. The number of hydrogen-bond acceptors (Lipinski definition) is 3. The third-order valence-electron chi connectivity index (χ3n) is 4.84. The van der Waals surface area contributed by atoms with Gasteiger partial charge in [-0.15, -0.1) is 0 Å². The number of nitrogens with two attached hydrogens (primary N) is 1. The molecule has 0 bridgehead atoms. The predicted octanol–water partition coefficient (Wildman–Crippen LogP) is 1.54. The lowest BCUT2D eigenvalue weighted by Gasteiger charge is -2.57. The minimum absolute atomic E-state index is 0.170. The molecule has 0 spiro atoms. The summed E-state index contributed by atoms with van der Waals surface area (Å²) < 4.78 is 5.55. The van der Waals surface area contributed by atoms with E-state index in [2.05, 4.69) is 13.8 Å². The van der Waals surface area contributed by atoms with Crippen molar-refractivity contribution in [1.82, 2.24) is 0 Å². The molecule has 1 heterocycles. The largest absolute Gasteiger partial charge is 0.389 e. The zero-order valence-electron chi connectivity index (χ0n) is 10.5. The van der Waals surface area contributed by atoms with E-state index in [1.165, 1.54) is 0 Å². The Labute approximate surface area is 98.4 Å². The Kier molecular flexibility index (Phi) is 3.30. The summed E-state index contributed by atoms with van der Waals surface area (Å²) in [5.41, 5.74) is 5.19. The Balaban J connectivity index is 2.05. The molecule has 0 aromatic heterocycles. The molecule has 1 aliphatic heterocycles. The van der Waals surface area contributed by atoms with Crippen LogP contribution in [0.1, 0.15) is 39.5 Å². The van der Waals surface area contributed by atoms with Crippen LogP contribution in [-0.2, 0) is 4.74 Å². The summed E-state index contributed by atoms with van der Waals surface area (Å²) >= 11 is 0. The summed E-state index contributed by atoms with van der Waals surface area (Å²) in [6, 6.07) is 0. The first-order valence-electron chi connectivity index (χ1n) is 6.53. The van der Waals surface area contributed by atoms with Crippen LogP contribution in [0.2, 0.25) is 0 Å². The Bertz CT molecular complexity index is 240. The molecule has 1 aliphatic carbocycles. The van der Waals surface area contributed by atoms with Crippen LogP contribution in [0.5, 0.6) is 0 Å². The van der Waals surface area contributed by atoms with E-state index < -0.39 is 5.60 Å². The fourth-order valence-electron chi connectivity index (χ4n) is 3.28. The van der Waals surface area contributed by atoms with Gasteiger partial charge in [0.05, 0.1) is 12.2 Å². The summed E-state index contributed by atoms with van der Waals surface area (Å²) in [7, 11) is 0. The van der Waals surface area contributed by atoms with Crippen LogP contribution >= 0.6 is 0 Å². The molecule has 2 fully saturated rings. The van der Waals surface area contributed by atoms with Crippen molar-refractivity contribution >= 4 is 0 Å². The highest BCUT2D eigenvalue weighted by molar-refractivity contribution is 5.08. The van der Waals surface area contributed by atoms with Crippen molar-refractivity contribution < 1.29 is 9.84 Å².